The number of halogens is 2. The van der Waals surface area contributed by atoms with E-state index in [2.05, 4.69) is 53.4 Å². The molecule has 0 aromatic heterocycles. The summed E-state index contributed by atoms with van der Waals surface area (Å²) in [5.74, 6) is 0. The smallest absolute Gasteiger partial charge is 0.108 e. The van der Waals surface area contributed by atoms with Crippen molar-refractivity contribution in [1.29, 1.82) is 0 Å². The summed E-state index contributed by atoms with van der Waals surface area (Å²) >= 11 is 12.1. The second-order valence-corrected chi connectivity index (χ2v) is 8.76. The molecule has 0 bridgehead atoms. The Balaban J connectivity index is 1.40. The lowest BCUT2D eigenvalue weighted by Crippen LogP contribution is -2.35. The molecule has 30 heavy (non-hydrogen) atoms. The summed E-state index contributed by atoms with van der Waals surface area (Å²) in [6.45, 7) is 2.91. The summed E-state index contributed by atoms with van der Waals surface area (Å²) in [4.78, 5) is 2.57. The minimum absolute atomic E-state index is 0.0813. The van der Waals surface area contributed by atoms with Crippen LogP contribution in [-0.4, -0.2) is 30.6 Å². The van der Waals surface area contributed by atoms with E-state index in [-0.39, 0.29) is 6.10 Å². The van der Waals surface area contributed by atoms with Gasteiger partial charge in [0.2, 0.25) is 0 Å². The number of ether oxygens (including phenoxy) is 1. The molecule has 3 aromatic carbocycles. The first-order valence-electron chi connectivity index (χ1n) is 10.6. The van der Waals surface area contributed by atoms with E-state index >= 15 is 0 Å². The zero-order valence-electron chi connectivity index (χ0n) is 17.0. The van der Waals surface area contributed by atoms with Crippen LogP contribution in [0.1, 0.15) is 35.6 Å². The van der Waals surface area contributed by atoms with Crippen molar-refractivity contribution in [3.05, 3.63) is 106 Å². The molecular formula is C26H27Cl2NO. The molecule has 1 heterocycles. The Bertz CT molecular complexity index is 912. The fraction of sp³-hybridized carbons (Fsp3) is 0.308. The second kappa shape index (κ2) is 10.5. The van der Waals surface area contributed by atoms with Gasteiger partial charge in [0.15, 0.2) is 0 Å². The number of hydrogen-bond acceptors (Lipinski definition) is 2. The van der Waals surface area contributed by atoms with Crippen LogP contribution in [0.15, 0.2) is 78.9 Å². The molecular weight excluding hydrogens is 413 g/mol. The number of hydrogen-bond donors (Lipinski definition) is 0. The molecule has 1 aliphatic rings. The topological polar surface area (TPSA) is 12.5 Å². The van der Waals surface area contributed by atoms with Gasteiger partial charge in [0.1, 0.15) is 6.10 Å². The molecule has 1 saturated heterocycles. The van der Waals surface area contributed by atoms with Gasteiger partial charge in [0.25, 0.3) is 0 Å². The fourth-order valence-electron chi connectivity index (χ4n) is 4.16. The van der Waals surface area contributed by atoms with Crippen molar-refractivity contribution < 1.29 is 4.74 Å². The van der Waals surface area contributed by atoms with Crippen LogP contribution in [0.3, 0.4) is 0 Å². The molecule has 1 fully saturated rings. The van der Waals surface area contributed by atoms with E-state index in [1.54, 1.807) is 0 Å². The molecule has 0 radical (unpaired) electrons. The first kappa shape index (κ1) is 21.4. The molecule has 0 aliphatic carbocycles. The van der Waals surface area contributed by atoms with Crippen LogP contribution < -0.4 is 0 Å². The zero-order valence-corrected chi connectivity index (χ0v) is 18.5. The predicted octanol–water partition coefficient (Wildman–Crippen LogP) is 6.81. The van der Waals surface area contributed by atoms with E-state index in [4.69, 9.17) is 27.9 Å². The zero-order chi connectivity index (χ0) is 20.8. The maximum atomic E-state index is 6.53. The molecule has 1 unspecified atom stereocenters. The van der Waals surface area contributed by atoms with Crippen molar-refractivity contribution in [1.82, 2.24) is 4.90 Å². The van der Waals surface area contributed by atoms with Gasteiger partial charge in [-0.2, -0.15) is 0 Å². The maximum absolute atomic E-state index is 6.53. The highest BCUT2D eigenvalue weighted by Crippen LogP contribution is 2.29. The van der Waals surface area contributed by atoms with Crippen LogP contribution in [0.25, 0.3) is 0 Å². The Hall–Kier alpha value is -1.84. The van der Waals surface area contributed by atoms with Gasteiger partial charge in [0.05, 0.1) is 6.61 Å². The molecule has 4 rings (SSSR count). The van der Waals surface area contributed by atoms with Gasteiger partial charge < -0.3 is 4.74 Å². The third-order valence-electron chi connectivity index (χ3n) is 5.83. The van der Waals surface area contributed by atoms with E-state index < -0.39 is 0 Å². The molecule has 2 atom stereocenters. The van der Waals surface area contributed by atoms with Gasteiger partial charge >= 0.3 is 0 Å². The quantitative estimate of drug-likeness (QED) is 0.382. The first-order chi connectivity index (χ1) is 14.7. The van der Waals surface area contributed by atoms with Gasteiger partial charge in [-0.25, -0.2) is 0 Å². The molecule has 0 N–H and O–H groups in total. The molecule has 1 aliphatic heterocycles. The van der Waals surface area contributed by atoms with Gasteiger partial charge in [-0.15, -0.1) is 0 Å². The highest BCUT2D eigenvalue weighted by molar-refractivity contribution is 6.30. The Morgan fingerprint density at radius 2 is 1.47 bits per heavy atom. The highest BCUT2D eigenvalue weighted by Gasteiger charge is 2.26. The summed E-state index contributed by atoms with van der Waals surface area (Å²) < 4.78 is 6.53. The highest BCUT2D eigenvalue weighted by atomic mass is 35.5. The maximum Gasteiger partial charge on any atom is 0.108 e. The van der Waals surface area contributed by atoms with Crippen LogP contribution in [0, 0.1) is 0 Å². The van der Waals surface area contributed by atoms with Crippen molar-refractivity contribution in [3.63, 3.8) is 0 Å². The van der Waals surface area contributed by atoms with Gasteiger partial charge in [-0.3, -0.25) is 4.90 Å². The number of nitrogens with zero attached hydrogens (tertiary/aromatic N) is 1. The third kappa shape index (κ3) is 5.65. The minimum atomic E-state index is -0.0813. The molecule has 3 aromatic rings. The molecule has 4 heteroatoms. The average Bonchev–Trinajstić information content (AvgIpc) is 3.23. The van der Waals surface area contributed by atoms with Gasteiger partial charge in [-0.1, -0.05) is 77.8 Å². The summed E-state index contributed by atoms with van der Waals surface area (Å²) in [5, 5.41) is 1.54. The Kier molecular flexibility index (Phi) is 7.46. The standard InChI is InChI=1S/C26H27Cl2NO/c27-23-12-8-20(9-13-23)16-18-29-17-4-7-25(29)19-30-26(21-5-2-1-3-6-21)22-10-14-24(28)15-11-22/h1-3,5-6,8-15,25-26H,4,7,16-19H2/t25-,26?/m1/s1. The summed E-state index contributed by atoms with van der Waals surface area (Å²) in [7, 11) is 0. The molecule has 0 saturated carbocycles. The molecule has 0 spiro atoms. The van der Waals surface area contributed by atoms with Crippen molar-refractivity contribution >= 4 is 23.2 Å². The number of benzene rings is 3. The van der Waals surface area contributed by atoms with Crippen LogP contribution >= 0.6 is 23.2 Å². The van der Waals surface area contributed by atoms with E-state index in [0.29, 0.717) is 6.04 Å². The van der Waals surface area contributed by atoms with E-state index in [9.17, 15) is 0 Å². The Morgan fingerprint density at radius 3 is 2.17 bits per heavy atom. The average molecular weight is 440 g/mol. The predicted molar refractivity (Wildman–Crippen MR) is 125 cm³/mol. The normalized spacial score (nSPS) is 17.9. The van der Waals surface area contributed by atoms with E-state index in [1.165, 1.54) is 24.0 Å². The minimum Gasteiger partial charge on any atom is -0.367 e. The van der Waals surface area contributed by atoms with Crippen molar-refractivity contribution in [2.45, 2.75) is 31.4 Å². The molecule has 156 valence electrons. The number of rotatable bonds is 8. The van der Waals surface area contributed by atoms with Crippen molar-refractivity contribution in [2.75, 3.05) is 19.7 Å². The second-order valence-electron chi connectivity index (χ2n) is 7.88. The lowest BCUT2D eigenvalue weighted by atomic mass is 10.0. The number of likely N-dealkylation sites (tertiary alicyclic amines) is 1. The Morgan fingerprint density at radius 1 is 0.833 bits per heavy atom. The van der Waals surface area contributed by atoms with Crippen LogP contribution in [-0.2, 0) is 11.2 Å². The van der Waals surface area contributed by atoms with Crippen LogP contribution in [0.2, 0.25) is 10.0 Å². The van der Waals surface area contributed by atoms with E-state index in [1.807, 2.05) is 30.3 Å². The van der Waals surface area contributed by atoms with Crippen LogP contribution in [0.5, 0.6) is 0 Å². The summed E-state index contributed by atoms with van der Waals surface area (Å²) in [5.41, 5.74) is 3.64. The Labute approximate surface area is 189 Å². The third-order valence-corrected chi connectivity index (χ3v) is 6.33. The lowest BCUT2D eigenvalue weighted by molar-refractivity contribution is 0.0381. The van der Waals surface area contributed by atoms with Gasteiger partial charge in [0, 0.05) is 22.6 Å². The van der Waals surface area contributed by atoms with Crippen molar-refractivity contribution in [2.24, 2.45) is 0 Å². The first-order valence-corrected chi connectivity index (χ1v) is 11.3. The van der Waals surface area contributed by atoms with E-state index in [0.717, 1.165) is 41.7 Å². The molecule has 2 nitrogen and oxygen atoms in total. The monoisotopic (exact) mass is 439 g/mol. The lowest BCUT2D eigenvalue weighted by Gasteiger charge is -2.27. The van der Waals surface area contributed by atoms with Crippen molar-refractivity contribution in [3.8, 4) is 0 Å². The largest absolute Gasteiger partial charge is 0.367 e. The summed E-state index contributed by atoms with van der Waals surface area (Å²) in [6.07, 6.45) is 3.36. The summed E-state index contributed by atoms with van der Waals surface area (Å²) in [6, 6.07) is 27.1. The van der Waals surface area contributed by atoms with Crippen LogP contribution in [0.4, 0.5) is 0 Å². The molecule has 0 amide bonds. The fourth-order valence-corrected chi connectivity index (χ4v) is 4.41. The van der Waals surface area contributed by atoms with Gasteiger partial charge in [-0.05, 0) is 66.8 Å². The SMILES string of the molecule is Clc1ccc(CCN2CCC[C@@H]2COC(c2ccccc2)c2ccc(Cl)cc2)cc1.